The molecule has 0 fully saturated rings. The van der Waals surface area contributed by atoms with Gasteiger partial charge in [0.25, 0.3) is 0 Å². The van der Waals surface area contributed by atoms with E-state index in [-0.39, 0.29) is 25.1 Å². The van der Waals surface area contributed by atoms with Crippen LogP contribution >= 0.6 is 11.3 Å². The van der Waals surface area contributed by atoms with Crippen molar-refractivity contribution < 1.29 is 14.6 Å². The van der Waals surface area contributed by atoms with E-state index in [1.807, 2.05) is 49.9 Å². The molecular formula is C23H32N4O3S. The molecule has 2 heterocycles. The first-order chi connectivity index (χ1) is 15.0. The molecular weight excluding hydrogens is 412 g/mol. The molecule has 0 radical (unpaired) electrons. The van der Waals surface area contributed by atoms with Gasteiger partial charge in [-0.15, -0.1) is 11.3 Å². The van der Waals surface area contributed by atoms with Gasteiger partial charge in [-0.05, 0) is 61.9 Å². The lowest BCUT2D eigenvalue weighted by Gasteiger charge is -2.26. The fourth-order valence-corrected chi connectivity index (χ4v) is 4.32. The average Bonchev–Trinajstić information content (AvgIpc) is 3.23. The van der Waals surface area contributed by atoms with E-state index in [0.29, 0.717) is 19.0 Å². The van der Waals surface area contributed by atoms with Crippen LogP contribution in [0.15, 0.2) is 40.7 Å². The molecule has 1 aliphatic heterocycles. The summed E-state index contributed by atoms with van der Waals surface area (Å²) in [5.41, 5.74) is 2.00. The number of nitrogens with zero attached hydrogens (tertiary/aromatic N) is 2. The highest BCUT2D eigenvalue weighted by Crippen LogP contribution is 2.24. The van der Waals surface area contributed by atoms with E-state index in [1.165, 1.54) is 10.4 Å². The van der Waals surface area contributed by atoms with Gasteiger partial charge in [-0.3, -0.25) is 4.79 Å². The van der Waals surface area contributed by atoms with Gasteiger partial charge in [0, 0.05) is 31.1 Å². The van der Waals surface area contributed by atoms with E-state index in [2.05, 4.69) is 27.1 Å². The first-order valence-corrected chi connectivity index (χ1v) is 11.6. The van der Waals surface area contributed by atoms with Crippen molar-refractivity contribution in [3.8, 4) is 5.75 Å². The molecule has 168 valence electrons. The molecule has 1 amide bonds. The Balaban J connectivity index is 1.54. The van der Waals surface area contributed by atoms with Crippen LogP contribution in [-0.2, 0) is 17.8 Å². The van der Waals surface area contributed by atoms with Crippen LogP contribution in [0.1, 0.15) is 42.9 Å². The SMILES string of the molecule is CCNC(=NCC(=O)N1CCc2sccc2C1)NCC(O)c1cccc(OC(C)C)c1. The van der Waals surface area contributed by atoms with Gasteiger partial charge in [0.2, 0.25) is 5.91 Å². The second-order valence-electron chi connectivity index (χ2n) is 7.77. The summed E-state index contributed by atoms with van der Waals surface area (Å²) < 4.78 is 5.70. The van der Waals surface area contributed by atoms with Crippen LogP contribution in [0.2, 0.25) is 0 Å². The molecule has 3 rings (SSSR count). The Labute approximate surface area is 188 Å². The number of ether oxygens (including phenoxy) is 1. The summed E-state index contributed by atoms with van der Waals surface area (Å²) in [7, 11) is 0. The third-order valence-corrected chi connectivity index (χ3v) is 5.98. The quantitative estimate of drug-likeness (QED) is 0.431. The van der Waals surface area contributed by atoms with Gasteiger partial charge in [-0.2, -0.15) is 0 Å². The summed E-state index contributed by atoms with van der Waals surface area (Å²) in [5, 5.41) is 18.9. The van der Waals surface area contributed by atoms with Crippen LogP contribution < -0.4 is 15.4 Å². The predicted molar refractivity (Wildman–Crippen MR) is 125 cm³/mol. The van der Waals surface area contributed by atoms with Crippen molar-refractivity contribution in [1.29, 1.82) is 0 Å². The number of benzene rings is 1. The van der Waals surface area contributed by atoms with Crippen molar-refractivity contribution in [1.82, 2.24) is 15.5 Å². The highest BCUT2D eigenvalue weighted by Gasteiger charge is 2.21. The van der Waals surface area contributed by atoms with Crippen LogP contribution in [0.25, 0.3) is 0 Å². The Hall–Kier alpha value is -2.58. The number of aliphatic imine (C=N–C) groups is 1. The first-order valence-electron chi connectivity index (χ1n) is 10.8. The van der Waals surface area contributed by atoms with Crippen molar-refractivity contribution in [3.05, 3.63) is 51.7 Å². The number of rotatable bonds is 8. The maximum Gasteiger partial charge on any atom is 0.244 e. The van der Waals surface area contributed by atoms with Crippen LogP contribution in [0.4, 0.5) is 0 Å². The fourth-order valence-electron chi connectivity index (χ4n) is 3.43. The molecule has 1 atom stereocenters. The highest BCUT2D eigenvalue weighted by atomic mass is 32.1. The van der Waals surface area contributed by atoms with Crippen LogP contribution in [0.3, 0.4) is 0 Å². The van der Waals surface area contributed by atoms with Gasteiger partial charge in [0.15, 0.2) is 5.96 Å². The van der Waals surface area contributed by atoms with Crippen LogP contribution in [0, 0.1) is 0 Å². The Morgan fingerprint density at radius 1 is 1.32 bits per heavy atom. The van der Waals surface area contributed by atoms with Crippen LogP contribution in [0.5, 0.6) is 5.75 Å². The molecule has 0 saturated carbocycles. The molecule has 0 saturated heterocycles. The first kappa shape index (κ1) is 23.1. The number of thiophene rings is 1. The maximum atomic E-state index is 12.6. The fraction of sp³-hybridized carbons (Fsp3) is 0.478. The molecule has 1 aromatic heterocycles. The molecule has 8 heteroatoms. The lowest BCUT2D eigenvalue weighted by atomic mass is 10.1. The molecule has 0 aliphatic carbocycles. The summed E-state index contributed by atoms with van der Waals surface area (Å²) in [6.45, 7) is 8.29. The van der Waals surface area contributed by atoms with Gasteiger partial charge < -0.3 is 25.4 Å². The zero-order valence-electron chi connectivity index (χ0n) is 18.4. The largest absolute Gasteiger partial charge is 0.491 e. The molecule has 1 aromatic carbocycles. The summed E-state index contributed by atoms with van der Waals surface area (Å²) in [4.78, 5) is 20.3. The summed E-state index contributed by atoms with van der Waals surface area (Å²) in [6.07, 6.45) is 0.253. The number of hydrogen-bond acceptors (Lipinski definition) is 5. The Bertz CT molecular complexity index is 896. The van der Waals surface area contributed by atoms with Gasteiger partial charge in [-0.25, -0.2) is 4.99 Å². The van der Waals surface area contributed by atoms with Crippen molar-refractivity contribution in [3.63, 3.8) is 0 Å². The summed E-state index contributed by atoms with van der Waals surface area (Å²) >= 11 is 1.76. The number of aliphatic hydroxyl groups excluding tert-OH is 1. The third kappa shape index (κ3) is 6.70. The van der Waals surface area contributed by atoms with Crippen molar-refractivity contribution in [2.45, 2.75) is 45.9 Å². The van der Waals surface area contributed by atoms with E-state index in [4.69, 9.17) is 4.74 Å². The minimum absolute atomic E-state index is 0.00753. The number of amides is 1. The van der Waals surface area contributed by atoms with E-state index >= 15 is 0 Å². The molecule has 1 aliphatic rings. The summed E-state index contributed by atoms with van der Waals surface area (Å²) in [6, 6.07) is 9.54. The number of guanidine groups is 1. The van der Waals surface area contributed by atoms with Gasteiger partial charge >= 0.3 is 0 Å². The van der Waals surface area contributed by atoms with E-state index in [1.54, 1.807) is 11.3 Å². The molecule has 0 spiro atoms. The Morgan fingerprint density at radius 3 is 2.94 bits per heavy atom. The highest BCUT2D eigenvalue weighted by molar-refractivity contribution is 7.10. The number of carbonyl (C=O) groups excluding carboxylic acids is 1. The van der Waals surface area contributed by atoms with Crippen molar-refractivity contribution in [2.24, 2.45) is 4.99 Å². The Kier molecular flexibility index (Phi) is 8.31. The molecule has 2 aromatic rings. The standard InChI is InChI=1S/C23H32N4O3S/c1-4-24-23(25-13-20(28)17-6-5-7-19(12-17)30-16(2)3)26-14-22(29)27-10-8-21-18(15-27)9-11-31-21/h5-7,9,11-12,16,20,28H,4,8,10,13-15H2,1-3H3,(H2,24,25,26). The molecule has 1 unspecified atom stereocenters. The lowest BCUT2D eigenvalue weighted by Crippen LogP contribution is -2.41. The average molecular weight is 445 g/mol. The van der Waals surface area contributed by atoms with Crippen molar-refractivity contribution >= 4 is 23.2 Å². The zero-order chi connectivity index (χ0) is 22.2. The third-order valence-electron chi connectivity index (χ3n) is 4.95. The maximum absolute atomic E-state index is 12.6. The summed E-state index contributed by atoms with van der Waals surface area (Å²) in [5.74, 6) is 1.25. The molecule has 0 bridgehead atoms. The van der Waals surface area contributed by atoms with Crippen LogP contribution in [-0.4, -0.2) is 54.2 Å². The lowest BCUT2D eigenvalue weighted by molar-refractivity contribution is -0.130. The number of aliphatic hydroxyl groups is 1. The molecule has 7 nitrogen and oxygen atoms in total. The van der Waals surface area contributed by atoms with E-state index < -0.39 is 6.10 Å². The minimum Gasteiger partial charge on any atom is -0.491 e. The van der Waals surface area contributed by atoms with Gasteiger partial charge in [0.05, 0.1) is 12.2 Å². The number of hydrogen-bond donors (Lipinski definition) is 3. The number of nitrogens with one attached hydrogen (secondary N) is 2. The molecule has 31 heavy (non-hydrogen) atoms. The number of fused-ring (bicyclic) bond motifs is 1. The molecule has 3 N–H and O–H groups in total. The van der Waals surface area contributed by atoms with Crippen molar-refractivity contribution in [2.75, 3.05) is 26.2 Å². The van der Waals surface area contributed by atoms with E-state index in [9.17, 15) is 9.90 Å². The second kappa shape index (κ2) is 11.2. The predicted octanol–water partition coefficient (Wildman–Crippen LogP) is 2.71. The zero-order valence-corrected chi connectivity index (χ0v) is 19.2. The minimum atomic E-state index is -0.727. The van der Waals surface area contributed by atoms with Gasteiger partial charge in [-0.1, -0.05) is 12.1 Å². The van der Waals surface area contributed by atoms with E-state index in [0.717, 1.165) is 24.3 Å². The van der Waals surface area contributed by atoms with Gasteiger partial charge in [0.1, 0.15) is 12.3 Å². The number of carbonyl (C=O) groups is 1. The Morgan fingerprint density at radius 2 is 2.16 bits per heavy atom. The smallest absolute Gasteiger partial charge is 0.244 e. The second-order valence-corrected chi connectivity index (χ2v) is 8.77. The monoisotopic (exact) mass is 444 g/mol. The topological polar surface area (TPSA) is 86.2 Å². The normalized spacial score (nSPS) is 14.9.